The third kappa shape index (κ3) is 2.56. The second-order valence-corrected chi connectivity index (χ2v) is 5.09. The molecule has 0 saturated carbocycles. The Morgan fingerprint density at radius 2 is 2.06 bits per heavy atom. The number of aromatic nitrogens is 2. The van der Waals surface area contributed by atoms with Gasteiger partial charge in [0.05, 0.1) is 16.8 Å². The standard InChI is InChI=1S/C14H17ClN2O/c1-10(2)7-8-17-12-6-4-3-5-11(12)14(18)16-13(17)9-15/h3-6,10H,7-9H2,1-2H3. The molecule has 0 unspecified atom stereocenters. The van der Waals surface area contributed by atoms with E-state index in [4.69, 9.17) is 11.6 Å². The SMILES string of the molecule is CC(C)CCn1c(CCl)nc(=O)c2ccccc21. The van der Waals surface area contributed by atoms with Gasteiger partial charge in [-0.25, -0.2) is 0 Å². The number of hydrogen-bond acceptors (Lipinski definition) is 2. The second kappa shape index (κ2) is 5.53. The van der Waals surface area contributed by atoms with Crippen LogP contribution in [-0.2, 0) is 12.4 Å². The summed E-state index contributed by atoms with van der Waals surface area (Å²) in [5, 5.41) is 0.662. The minimum absolute atomic E-state index is 0.193. The minimum atomic E-state index is -0.193. The molecule has 0 aliphatic heterocycles. The lowest BCUT2D eigenvalue weighted by atomic mass is 10.1. The van der Waals surface area contributed by atoms with Gasteiger partial charge in [-0.2, -0.15) is 4.98 Å². The van der Waals surface area contributed by atoms with Crippen molar-refractivity contribution in [2.24, 2.45) is 5.92 Å². The van der Waals surface area contributed by atoms with Gasteiger partial charge in [0.2, 0.25) is 0 Å². The Kier molecular flexibility index (Phi) is 4.02. The van der Waals surface area contributed by atoms with Crippen LogP contribution < -0.4 is 5.56 Å². The van der Waals surface area contributed by atoms with Crippen molar-refractivity contribution in [3.63, 3.8) is 0 Å². The van der Waals surface area contributed by atoms with Crippen molar-refractivity contribution in [1.82, 2.24) is 9.55 Å². The van der Waals surface area contributed by atoms with E-state index in [2.05, 4.69) is 23.4 Å². The number of fused-ring (bicyclic) bond motifs is 1. The highest BCUT2D eigenvalue weighted by Crippen LogP contribution is 2.15. The highest BCUT2D eigenvalue weighted by atomic mass is 35.5. The van der Waals surface area contributed by atoms with Crippen LogP contribution in [0.5, 0.6) is 0 Å². The van der Waals surface area contributed by atoms with E-state index in [1.807, 2.05) is 24.3 Å². The minimum Gasteiger partial charge on any atom is -0.328 e. The first-order chi connectivity index (χ1) is 8.63. The van der Waals surface area contributed by atoms with E-state index in [1.54, 1.807) is 0 Å². The van der Waals surface area contributed by atoms with Crippen molar-refractivity contribution in [2.45, 2.75) is 32.7 Å². The van der Waals surface area contributed by atoms with E-state index < -0.39 is 0 Å². The fraction of sp³-hybridized carbons (Fsp3) is 0.429. The number of halogens is 1. The van der Waals surface area contributed by atoms with Gasteiger partial charge in [-0.05, 0) is 24.5 Å². The number of aryl methyl sites for hydroxylation is 1. The quantitative estimate of drug-likeness (QED) is 0.795. The van der Waals surface area contributed by atoms with Crippen molar-refractivity contribution >= 4 is 22.5 Å². The molecule has 0 bridgehead atoms. The molecule has 0 saturated heterocycles. The van der Waals surface area contributed by atoms with Crippen LogP contribution in [0.25, 0.3) is 10.9 Å². The summed E-state index contributed by atoms with van der Waals surface area (Å²) in [4.78, 5) is 15.9. The maximum absolute atomic E-state index is 11.9. The molecule has 18 heavy (non-hydrogen) atoms. The van der Waals surface area contributed by atoms with Gasteiger partial charge in [-0.1, -0.05) is 26.0 Å². The predicted molar refractivity (Wildman–Crippen MR) is 75.0 cm³/mol. The lowest BCUT2D eigenvalue weighted by Gasteiger charge is -2.15. The summed E-state index contributed by atoms with van der Waals surface area (Å²) in [6, 6.07) is 7.56. The molecule has 3 nitrogen and oxygen atoms in total. The number of nitrogens with zero attached hydrogens (tertiary/aromatic N) is 2. The first-order valence-corrected chi connectivity index (χ1v) is 6.71. The fourth-order valence-corrected chi connectivity index (χ4v) is 2.21. The number of benzene rings is 1. The Hall–Kier alpha value is -1.35. The van der Waals surface area contributed by atoms with Crippen LogP contribution in [0.2, 0.25) is 0 Å². The average molecular weight is 265 g/mol. The van der Waals surface area contributed by atoms with Crippen molar-refractivity contribution in [1.29, 1.82) is 0 Å². The lowest BCUT2D eigenvalue weighted by Crippen LogP contribution is -2.19. The Morgan fingerprint density at radius 3 is 2.72 bits per heavy atom. The van der Waals surface area contributed by atoms with E-state index in [1.165, 1.54) is 0 Å². The van der Waals surface area contributed by atoms with Crippen LogP contribution in [0.4, 0.5) is 0 Å². The molecule has 2 aromatic rings. The predicted octanol–water partition coefficient (Wildman–Crippen LogP) is 3.18. The van der Waals surface area contributed by atoms with Crippen molar-refractivity contribution in [3.05, 3.63) is 40.4 Å². The first-order valence-electron chi connectivity index (χ1n) is 6.18. The summed E-state index contributed by atoms with van der Waals surface area (Å²) in [6.07, 6.45) is 1.04. The maximum Gasteiger partial charge on any atom is 0.280 e. The smallest absolute Gasteiger partial charge is 0.280 e. The molecular formula is C14H17ClN2O. The highest BCUT2D eigenvalue weighted by molar-refractivity contribution is 6.16. The van der Waals surface area contributed by atoms with Gasteiger partial charge in [0.1, 0.15) is 5.82 Å². The molecule has 1 aromatic heterocycles. The zero-order valence-electron chi connectivity index (χ0n) is 10.7. The molecule has 0 fully saturated rings. The van der Waals surface area contributed by atoms with Crippen LogP contribution in [0.3, 0.4) is 0 Å². The summed E-state index contributed by atoms with van der Waals surface area (Å²) >= 11 is 5.90. The number of hydrogen-bond donors (Lipinski definition) is 0. The van der Waals surface area contributed by atoms with Crippen molar-refractivity contribution in [2.75, 3.05) is 0 Å². The van der Waals surface area contributed by atoms with Gasteiger partial charge in [-0.3, -0.25) is 4.79 Å². The third-order valence-corrected chi connectivity index (χ3v) is 3.26. The van der Waals surface area contributed by atoms with E-state index in [0.29, 0.717) is 17.1 Å². The monoisotopic (exact) mass is 264 g/mol. The molecule has 1 aromatic carbocycles. The summed E-state index contributed by atoms with van der Waals surface area (Å²) in [5.41, 5.74) is 0.732. The van der Waals surface area contributed by atoms with Crippen LogP contribution in [0.1, 0.15) is 26.1 Å². The first kappa shape index (κ1) is 13.1. The molecule has 0 N–H and O–H groups in total. The summed E-state index contributed by atoms with van der Waals surface area (Å²) in [7, 11) is 0. The topological polar surface area (TPSA) is 34.9 Å². The molecule has 0 amide bonds. The molecule has 1 heterocycles. The molecule has 0 aliphatic rings. The largest absolute Gasteiger partial charge is 0.328 e. The summed E-state index contributed by atoms with van der Waals surface area (Å²) in [5.74, 6) is 1.52. The van der Waals surface area contributed by atoms with Gasteiger partial charge in [0.15, 0.2) is 0 Å². The molecule has 96 valence electrons. The number of rotatable bonds is 4. The molecule has 0 atom stereocenters. The van der Waals surface area contributed by atoms with Crippen molar-refractivity contribution < 1.29 is 0 Å². The molecule has 0 aliphatic carbocycles. The van der Waals surface area contributed by atoms with Gasteiger partial charge in [0, 0.05) is 6.54 Å². The molecule has 0 spiro atoms. The average Bonchev–Trinajstić information content (AvgIpc) is 2.37. The Morgan fingerprint density at radius 1 is 1.33 bits per heavy atom. The van der Waals surface area contributed by atoms with Crippen LogP contribution in [0, 0.1) is 5.92 Å². The maximum atomic E-state index is 11.9. The normalized spacial score (nSPS) is 11.3. The molecular weight excluding hydrogens is 248 g/mol. The van der Waals surface area contributed by atoms with Crippen molar-refractivity contribution in [3.8, 4) is 0 Å². The molecule has 4 heteroatoms. The summed E-state index contributed by atoms with van der Waals surface area (Å²) in [6.45, 7) is 5.20. The van der Waals surface area contributed by atoms with Gasteiger partial charge >= 0.3 is 0 Å². The van der Waals surface area contributed by atoms with Crippen LogP contribution >= 0.6 is 11.6 Å². The van der Waals surface area contributed by atoms with Gasteiger partial charge in [-0.15, -0.1) is 11.6 Å². The van der Waals surface area contributed by atoms with Gasteiger partial charge in [0.25, 0.3) is 5.56 Å². The van der Waals surface area contributed by atoms with E-state index in [-0.39, 0.29) is 11.4 Å². The van der Waals surface area contributed by atoms with Crippen LogP contribution in [-0.4, -0.2) is 9.55 Å². The van der Waals surface area contributed by atoms with Crippen LogP contribution in [0.15, 0.2) is 29.1 Å². The zero-order valence-corrected chi connectivity index (χ0v) is 11.4. The Balaban J connectivity index is 2.60. The highest BCUT2D eigenvalue weighted by Gasteiger charge is 2.09. The Labute approximate surface area is 111 Å². The number of para-hydroxylation sites is 1. The summed E-state index contributed by atoms with van der Waals surface area (Å²) < 4.78 is 2.06. The number of alkyl halides is 1. The second-order valence-electron chi connectivity index (χ2n) is 4.82. The molecule has 2 rings (SSSR count). The fourth-order valence-electron chi connectivity index (χ4n) is 2.01. The lowest BCUT2D eigenvalue weighted by molar-refractivity contribution is 0.511. The van der Waals surface area contributed by atoms with E-state index in [9.17, 15) is 4.79 Å². The van der Waals surface area contributed by atoms with E-state index in [0.717, 1.165) is 18.5 Å². The zero-order chi connectivity index (χ0) is 13.1. The van der Waals surface area contributed by atoms with Gasteiger partial charge < -0.3 is 4.57 Å². The third-order valence-electron chi connectivity index (χ3n) is 3.02. The van der Waals surface area contributed by atoms with E-state index >= 15 is 0 Å². The molecule has 0 radical (unpaired) electrons. The Bertz CT molecular complexity index is 604.